The van der Waals surface area contributed by atoms with Crippen LogP contribution < -0.4 is 4.74 Å². The zero-order valence-corrected chi connectivity index (χ0v) is 14.7. The number of methoxy groups -OCH3 is 1. The molecular formula is C15H13Br2ClO2. The van der Waals surface area contributed by atoms with Gasteiger partial charge in [-0.15, -0.1) is 0 Å². The molecule has 5 heteroatoms. The molecule has 0 heterocycles. The summed E-state index contributed by atoms with van der Waals surface area (Å²) in [6.07, 6.45) is -0.0820. The molecule has 0 aliphatic heterocycles. The van der Waals surface area contributed by atoms with Gasteiger partial charge >= 0.3 is 0 Å². The van der Waals surface area contributed by atoms with E-state index in [1.807, 2.05) is 30.3 Å². The highest BCUT2D eigenvalue weighted by atomic mass is 79.9. The van der Waals surface area contributed by atoms with Gasteiger partial charge in [0.15, 0.2) is 0 Å². The third kappa shape index (κ3) is 3.76. The summed E-state index contributed by atoms with van der Waals surface area (Å²) in [5.74, 6) is 0.773. The van der Waals surface area contributed by atoms with Crippen molar-refractivity contribution in [1.82, 2.24) is 0 Å². The second-order valence-electron chi connectivity index (χ2n) is 4.36. The zero-order chi connectivity index (χ0) is 14.7. The summed E-state index contributed by atoms with van der Waals surface area (Å²) in [4.78, 5) is 0. The van der Waals surface area contributed by atoms with Crippen LogP contribution in [0.2, 0.25) is 5.02 Å². The molecule has 2 nitrogen and oxygen atoms in total. The molecular weight excluding hydrogens is 407 g/mol. The van der Waals surface area contributed by atoms with Crippen molar-refractivity contribution in [2.45, 2.75) is 12.5 Å². The lowest BCUT2D eigenvalue weighted by Crippen LogP contribution is -2.02. The van der Waals surface area contributed by atoms with Gasteiger partial charge < -0.3 is 9.84 Å². The summed E-state index contributed by atoms with van der Waals surface area (Å²) >= 11 is 12.8. The average molecular weight is 421 g/mol. The van der Waals surface area contributed by atoms with Gasteiger partial charge in [-0.25, -0.2) is 0 Å². The van der Waals surface area contributed by atoms with Gasteiger partial charge in [0.25, 0.3) is 0 Å². The molecule has 20 heavy (non-hydrogen) atoms. The van der Waals surface area contributed by atoms with Crippen LogP contribution >= 0.6 is 43.5 Å². The number of aliphatic hydroxyl groups excluding tert-OH is 1. The molecule has 1 unspecified atom stereocenters. The van der Waals surface area contributed by atoms with Crippen molar-refractivity contribution in [3.8, 4) is 5.75 Å². The topological polar surface area (TPSA) is 29.5 Å². The average Bonchev–Trinajstić information content (AvgIpc) is 2.42. The minimum Gasteiger partial charge on any atom is -0.496 e. The molecule has 0 saturated heterocycles. The van der Waals surface area contributed by atoms with E-state index >= 15 is 0 Å². The Balaban J connectivity index is 2.16. The Hall–Kier alpha value is -0.550. The second-order valence-corrected chi connectivity index (χ2v) is 6.48. The quantitative estimate of drug-likeness (QED) is 0.741. The van der Waals surface area contributed by atoms with Crippen molar-refractivity contribution in [3.63, 3.8) is 0 Å². The van der Waals surface area contributed by atoms with E-state index in [0.717, 1.165) is 25.8 Å². The van der Waals surface area contributed by atoms with Crippen molar-refractivity contribution in [2.24, 2.45) is 0 Å². The lowest BCUT2D eigenvalue weighted by Gasteiger charge is -2.13. The van der Waals surface area contributed by atoms with E-state index in [2.05, 4.69) is 31.9 Å². The molecule has 0 aliphatic carbocycles. The number of ether oxygens (including phenoxy) is 1. The van der Waals surface area contributed by atoms with Crippen molar-refractivity contribution in [2.75, 3.05) is 7.11 Å². The largest absolute Gasteiger partial charge is 0.496 e. The molecule has 0 amide bonds. The first-order valence-electron chi connectivity index (χ1n) is 5.96. The Labute approximate surface area is 140 Å². The smallest absolute Gasteiger partial charge is 0.133 e. The van der Waals surface area contributed by atoms with Gasteiger partial charge in [0.2, 0.25) is 0 Å². The second kappa shape index (κ2) is 6.94. The molecule has 1 atom stereocenters. The SMILES string of the molecule is COc1ccc(CC(O)c2ccc(Br)c(Cl)c2)cc1Br. The van der Waals surface area contributed by atoms with E-state index in [-0.39, 0.29) is 0 Å². The molecule has 1 N–H and O–H groups in total. The molecule has 0 aliphatic rings. The number of hydrogen-bond donors (Lipinski definition) is 1. The van der Waals surface area contributed by atoms with Crippen molar-refractivity contribution in [3.05, 3.63) is 61.5 Å². The Morgan fingerprint density at radius 1 is 1.15 bits per heavy atom. The van der Waals surface area contributed by atoms with E-state index in [0.29, 0.717) is 11.4 Å². The van der Waals surface area contributed by atoms with Gasteiger partial charge in [0, 0.05) is 10.9 Å². The van der Waals surface area contributed by atoms with Crippen LogP contribution in [0.15, 0.2) is 45.3 Å². The number of aliphatic hydroxyl groups is 1. The van der Waals surface area contributed by atoms with Gasteiger partial charge in [0.05, 0.1) is 22.7 Å². The van der Waals surface area contributed by atoms with Crippen LogP contribution in [-0.4, -0.2) is 12.2 Å². The zero-order valence-electron chi connectivity index (χ0n) is 10.7. The third-order valence-corrected chi connectivity index (χ3v) is 4.83. The summed E-state index contributed by atoms with van der Waals surface area (Å²) in [5.41, 5.74) is 1.81. The molecule has 0 fully saturated rings. The number of benzene rings is 2. The highest BCUT2D eigenvalue weighted by molar-refractivity contribution is 9.10. The molecule has 2 aromatic carbocycles. The van der Waals surface area contributed by atoms with Crippen molar-refractivity contribution < 1.29 is 9.84 Å². The Morgan fingerprint density at radius 3 is 2.50 bits per heavy atom. The van der Waals surface area contributed by atoms with E-state index in [4.69, 9.17) is 16.3 Å². The fourth-order valence-electron chi connectivity index (χ4n) is 1.90. The fourth-order valence-corrected chi connectivity index (χ4v) is 2.92. The van der Waals surface area contributed by atoms with Crippen LogP contribution in [0.3, 0.4) is 0 Å². The molecule has 0 spiro atoms. The molecule has 0 bridgehead atoms. The summed E-state index contributed by atoms with van der Waals surface area (Å²) < 4.78 is 6.88. The molecule has 2 aromatic rings. The van der Waals surface area contributed by atoms with Crippen LogP contribution in [0.25, 0.3) is 0 Å². The van der Waals surface area contributed by atoms with Crippen LogP contribution in [-0.2, 0) is 6.42 Å². The Bertz CT molecular complexity index is 617. The highest BCUT2D eigenvalue weighted by Gasteiger charge is 2.11. The van der Waals surface area contributed by atoms with Crippen LogP contribution in [0.4, 0.5) is 0 Å². The Kier molecular flexibility index (Phi) is 5.49. The summed E-state index contributed by atoms with van der Waals surface area (Å²) in [7, 11) is 1.62. The van der Waals surface area contributed by atoms with Crippen LogP contribution in [0.1, 0.15) is 17.2 Å². The Morgan fingerprint density at radius 2 is 1.90 bits per heavy atom. The predicted molar refractivity (Wildman–Crippen MR) is 88.5 cm³/mol. The van der Waals surface area contributed by atoms with Crippen LogP contribution in [0.5, 0.6) is 5.75 Å². The standard InChI is InChI=1S/C15H13Br2ClO2/c1-20-15-5-2-9(6-12(15)17)7-14(19)10-3-4-11(16)13(18)8-10/h2-6,8,14,19H,7H2,1H3. The summed E-state index contributed by atoms with van der Waals surface area (Å²) in [6.45, 7) is 0. The molecule has 0 radical (unpaired) electrons. The maximum atomic E-state index is 10.3. The van der Waals surface area contributed by atoms with E-state index in [9.17, 15) is 5.11 Å². The van der Waals surface area contributed by atoms with E-state index in [1.165, 1.54) is 0 Å². The van der Waals surface area contributed by atoms with Gasteiger partial charge in [-0.1, -0.05) is 23.7 Å². The highest BCUT2D eigenvalue weighted by Crippen LogP contribution is 2.30. The first kappa shape index (κ1) is 15.8. The third-order valence-electron chi connectivity index (χ3n) is 2.97. The van der Waals surface area contributed by atoms with E-state index < -0.39 is 6.10 Å². The number of rotatable bonds is 4. The monoisotopic (exact) mass is 418 g/mol. The number of hydrogen-bond acceptors (Lipinski definition) is 2. The molecule has 0 saturated carbocycles. The van der Waals surface area contributed by atoms with Crippen molar-refractivity contribution in [1.29, 1.82) is 0 Å². The molecule has 0 aromatic heterocycles. The summed E-state index contributed by atoms with van der Waals surface area (Å²) in [5, 5.41) is 10.9. The lowest BCUT2D eigenvalue weighted by molar-refractivity contribution is 0.178. The minimum absolute atomic E-state index is 0.514. The van der Waals surface area contributed by atoms with Gasteiger partial charge in [-0.3, -0.25) is 0 Å². The maximum absolute atomic E-state index is 10.3. The minimum atomic E-state index is -0.596. The summed E-state index contributed by atoms with van der Waals surface area (Å²) in [6, 6.07) is 11.2. The van der Waals surface area contributed by atoms with Gasteiger partial charge in [-0.2, -0.15) is 0 Å². The number of halogens is 3. The van der Waals surface area contributed by atoms with E-state index in [1.54, 1.807) is 13.2 Å². The predicted octanol–water partition coefficient (Wildman–Crippen LogP) is 5.15. The molecule has 106 valence electrons. The first-order chi connectivity index (χ1) is 9.51. The first-order valence-corrected chi connectivity index (χ1v) is 7.93. The van der Waals surface area contributed by atoms with Crippen molar-refractivity contribution >= 4 is 43.5 Å². The maximum Gasteiger partial charge on any atom is 0.133 e. The van der Waals surface area contributed by atoms with Gasteiger partial charge in [-0.05, 0) is 67.3 Å². The fraction of sp³-hybridized carbons (Fsp3) is 0.200. The van der Waals surface area contributed by atoms with Gasteiger partial charge in [0.1, 0.15) is 5.75 Å². The molecule has 2 rings (SSSR count). The lowest BCUT2D eigenvalue weighted by atomic mass is 10.0. The van der Waals surface area contributed by atoms with Crippen LogP contribution in [0, 0.1) is 0 Å². The normalized spacial score (nSPS) is 12.2.